The van der Waals surface area contributed by atoms with Crippen LogP contribution in [-0.2, 0) is 17.5 Å². The third kappa shape index (κ3) is 3.11. The van der Waals surface area contributed by atoms with Crippen molar-refractivity contribution in [3.05, 3.63) is 58.6 Å². The molecule has 2 aliphatic rings. The van der Waals surface area contributed by atoms with Crippen molar-refractivity contribution in [2.45, 2.75) is 44.9 Å². The zero-order chi connectivity index (χ0) is 19.1. The monoisotopic (exact) mass is 358 g/mol. The number of fused-ring (bicyclic) bond motifs is 1. The third-order valence-electron chi connectivity index (χ3n) is 4.75. The molecule has 0 fully saturated rings. The molecule has 1 aliphatic heterocycles. The van der Waals surface area contributed by atoms with Crippen LogP contribution in [0.15, 0.2) is 52.5 Å². The van der Waals surface area contributed by atoms with Gasteiger partial charge in [0.2, 0.25) is 0 Å². The van der Waals surface area contributed by atoms with Crippen LogP contribution in [0.3, 0.4) is 0 Å². The number of aliphatic imine (C=N–C) groups is 1. The van der Waals surface area contributed by atoms with Crippen LogP contribution in [0.1, 0.15) is 37.8 Å². The molecule has 7 heteroatoms. The molecule has 1 amide bonds. The van der Waals surface area contributed by atoms with E-state index in [0.29, 0.717) is 29.7 Å². The largest absolute Gasteiger partial charge is 0.416 e. The summed E-state index contributed by atoms with van der Waals surface area (Å²) in [5, 5.41) is 0. The summed E-state index contributed by atoms with van der Waals surface area (Å²) in [7, 11) is 6.00. The predicted octanol–water partition coefficient (Wildman–Crippen LogP) is 4.00. The van der Waals surface area contributed by atoms with Crippen molar-refractivity contribution in [1.29, 1.82) is 0 Å². The van der Waals surface area contributed by atoms with Gasteiger partial charge in [-0.15, -0.1) is 0 Å². The molecule has 1 heterocycles. The molecular weight excluding hydrogens is 340 g/mol. The summed E-state index contributed by atoms with van der Waals surface area (Å²) in [5.74, 6) is 0.0968. The SMILES string of the molecule is [B]C1=C2C(=O)N(Cc3ccccc3C(F)(F)F)C(CC)=NC2(C)CC=C1. The molecule has 0 saturated heterocycles. The first-order valence-electron chi connectivity index (χ1n) is 8.40. The van der Waals surface area contributed by atoms with Crippen molar-refractivity contribution in [1.82, 2.24) is 4.90 Å². The second-order valence-electron chi connectivity index (χ2n) is 6.64. The summed E-state index contributed by atoms with van der Waals surface area (Å²) in [6, 6.07) is 5.27. The van der Waals surface area contributed by atoms with E-state index in [1.54, 1.807) is 6.08 Å². The molecule has 1 aromatic rings. The quantitative estimate of drug-likeness (QED) is 0.752. The Morgan fingerprint density at radius 2 is 2.00 bits per heavy atom. The van der Waals surface area contributed by atoms with E-state index in [1.807, 2.05) is 19.9 Å². The molecule has 0 spiro atoms. The summed E-state index contributed by atoms with van der Waals surface area (Å²) in [6.07, 6.45) is -0.00219. The summed E-state index contributed by atoms with van der Waals surface area (Å²) < 4.78 is 39.9. The molecule has 0 aromatic heterocycles. The maximum atomic E-state index is 13.3. The number of hydrogen-bond acceptors (Lipinski definition) is 2. The van der Waals surface area contributed by atoms with Gasteiger partial charge in [-0.05, 0) is 25.0 Å². The Labute approximate surface area is 151 Å². The molecule has 3 rings (SSSR count). The van der Waals surface area contributed by atoms with E-state index >= 15 is 0 Å². The highest BCUT2D eigenvalue weighted by atomic mass is 19.4. The molecule has 1 unspecified atom stereocenters. The lowest BCUT2D eigenvalue weighted by molar-refractivity contribution is -0.139. The molecular formula is C19H18BF3N2O. The first-order chi connectivity index (χ1) is 12.2. The Kier molecular flexibility index (Phi) is 4.59. The minimum Gasteiger partial charge on any atom is -0.292 e. The van der Waals surface area contributed by atoms with Gasteiger partial charge in [-0.3, -0.25) is 14.7 Å². The maximum absolute atomic E-state index is 13.3. The number of rotatable bonds is 3. The fourth-order valence-corrected chi connectivity index (χ4v) is 3.50. The van der Waals surface area contributed by atoms with Crippen LogP contribution >= 0.6 is 0 Å². The smallest absolute Gasteiger partial charge is 0.292 e. The van der Waals surface area contributed by atoms with Crippen LogP contribution in [0.25, 0.3) is 0 Å². The molecule has 2 radical (unpaired) electrons. The number of amidine groups is 1. The highest BCUT2D eigenvalue weighted by Gasteiger charge is 2.43. The fourth-order valence-electron chi connectivity index (χ4n) is 3.50. The van der Waals surface area contributed by atoms with Gasteiger partial charge in [-0.25, -0.2) is 0 Å². The normalized spacial score (nSPS) is 23.2. The molecule has 1 aromatic carbocycles. The van der Waals surface area contributed by atoms with Crippen molar-refractivity contribution >= 4 is 19.6 Å². The maximum Gasteiger partial charge on any atom is 0.416 e. The molecule has 0 N–H and O–H groups in total. The second kappa shape index (κ2) is 6.45. The van der Waals surface area contributed by atoms with Gasteiger partial charge in [0.25, 0.3) is 5.91 Å². The highest BCUT2D eigenvalue weighted by Crippen LogP contribution is 2.38. The number of carbonyl (C=O) groups is 1. The Balaban J connectivity index is 2.06. The van der Waals surface area contributed by atoms with Gasteiger partial charge in [0.05, 0.1) is 17.6 Å². The van der Waals surface area contributed by atoms with Gasteiger partial charge < -0.3 is 0 Å². The van der Waals surface area contributed by atoms with Crippen LogP contribution < -0.4 is 0 Å². The minimum absolute atomic E-state index is 0.0311. The predicted molar refractivity (Wildman–Crippen MR) is 94.7 cm³/mol. The number of allylic oxidation sites excluding steroid dienone is 2. The van der Waals surface area contributed by atoms with Gasteiger partial charge in [0, 0.05) is 12.0 Å². The van der Waals surface area contributed by atoms with Gasteiger partial charge in [-0.2, -0.15) is 13.2 Å². The highest BCUT2D eigenvalue weighted by molar-refractivity contribution is 6.28. The summed E-state index contributed by atoms with van der Waals surface area (Å²) >= 11 is 0. The van der Waals surface area contributed by atoms with Crippen molar-refractivity contribution in [2.75, 3.05) is 0 Å². The molecule has 0 saturated carbocycles. The van der Waals surface area contributed by atoms with Crippen LogP contribution in [0.5, 0.6) is 0 Å². The van der Waals surface area contributed by atoms with Gasteiger partial charge in [0.1, 0.15) is 13.7 Å². The average Bonchev–Trinajstić information content (AvgIpc) is 2.56. The lowest BCUT2D eigenvalue weighted by atomic mass is 9.73. The van der Waals surface area contributed by atoms with Crippen LogP contribution in [0, 0.1) is 0 Å². The lowest BCUT2D eigenvalue weighted by Gasteiger charge is -2.40. The lowest BCUT2D eigenvalue weighted by Crippen LogP contribution is -2.49. The molecule has 0 bridgehead atoms. The first-order valence-corrected chi connectivity index (χ1v) is 8.40. The average molecular weight is 358 g/mol. The number of hydrogen-bond donors (Lipinski definition) is 0. The number of nitrogens with zero attached hydrogens (tertiary/aromatic N) is 2. The zero-order valence-corrected chi connectivity index (χ0v) is 14.6. The van der Waals surface area contributed by atoms with Crippen molar-refractivity contribution < 1.29 is 18.0 Å². The Bertz CT molecular complexity index is 841. The number of amides is 1. The summed E-state index contributed by atoms with van der Waals surface area (Å²) in [4.78, 5) is 19.1. The molecule has 1 atom stereocenters. The van der Waals surface area contributed by atoms with Crippen LogP contribution in [-0.4, -0.2) is 30.0 Å². The van der Waals surface area contributed by atoms with E-state index in [0.717, 1.165) is 6.07 Å². The number of benzene rings is 1. The standard InChI is InChI=1S/C19H18BF3N2O/c1-3-15-24-18(2)10-6-9-14(20)16(18)17(26)25(15)11-12-7-4-5-8-13(12)19(21,22)23/h4-9H,3,10-11H2,1-2H3. The van der Waals surface area contributed by atoms with Crippen LogP contribution in [0.2, 0.25) is 0 Å². The van der Waals surface area contributed by atoms with E-state index in [4.69, 9.17) is 7.85 Å². The number of halogens is 3. The summed E-state index contributed by atoms with van der Waals surface area (Å²) in [5.41, 5.74) is -0.814. The fraction of sp³-hybridized carbons (Fsp3) is 0.368. The van der Waals surface area contributed by atoms with E-state index in [9.17, 15) is 18.0 Å². The van der Waals surface area contributed by atoms with E-state index in [2.05, 4.69) is 4.99 Å². The van der Waals surface area contributed by atoms with Crippen molar-refractivity contribution in [3.63, 3.8) is 0 Å². The third-order valence-corrected chi connectivity index (χ3v) is 4.75. The Hall–Kier alpha value is -2.31. The van der Waals surface area contributed by atoms with Crippen LogP contribution in [0.4, 0.5) is 13.2 Å². The molecule has 26 heavy (non-hydrogen) atoms. The van der Waals surface area contributed by atoms with Gasteiger partial charge >= 0.3 is 6.18 Å². The van der Waals surface area contributed by atoms with E-state index in [1.165, 1.54) is 23.1 Å². The molecule has 3 nitrogen and oxygen atoms in total. The van der Waals surface area contributed by atoms with Crippen molar-refractivity contribution in [3.8, 4) is 0 Å². The number of carbonyl (C=O) groups excluding carboxylic acids is 1. The second-order valence-corrected chi connectivity index (χ2v) is 6.64. The number of alkyl halides is 3. The molecule has 134 valence electrons. The van der Waals surface area contributed by atoms with Gasteiger partial charge in [-0.1, -0.05) is 42.7 Å². The zero-order valence-electron chi connectivity index (χ0n) is 14.6. The summed E-state index contributed by atoms with van der Waals surface area (Å²) in [6.45, 7) is 3.46. The van der Waals surface area contributed by atoms with E-state index in [-0.39, 0.29) is 18.0 Å². The minimum atomic E-state index is -4.49. The van der Waals surface area contributed by atoms with E-state index < -0.39 is 17.3 Å². The Morgan fingerprint density at radius 1 is 1.31 bits per heavy atom. The topological polar surface area (TPSA) is 32.7 Å². The molecule has 1 aliphatic carbocycles. The first kappa shape index (κ1) is 18.5. The van der Waals surface area contributed by atoms with Gasteiger partial charge in [0.15, 0.2) is 0 Å². The Morgan fingerprint density at radius 3 is 2.65 bits per heavy atom. The van der Waals surface area contributed by atoms with Crippen molar-refractivity contribution in [2.24, 2.45) is 4.99 Å².